The van der Waals surface area contributed by atoms with Gasteiger partial charge in [0.15, 0.2) is 11.5 Å². The zero-order valence-electron chi connectivity index (χ0n) is 20.2. The minimum Gasteiger partial charge on any atom is -0.480 e. The molecule has 0 aliphatic carbocycles. The molecule has 1 aliphatic rings. The quantitative estimate of drug-likeness (QED) is 0.344. The second-order valence-electron chi connectivity index (χ2n) is 8.84. The van der Waals surface area contributed by atoms with E-state index in [1.165, 1.54) is 0 Å². The first-order chi connectivity index (χ1) is 17.6. The second kappa shape index (κ2) is 11.3. The molecule has 1 saturated heterocycles. The second-order valence-corrected chi connectivity index (χ2v) is 11.8. The Hall–Kier alpha value is -3.41. The lowest BCUT2D eigenvalue weighted by Gasteiger charge is -2.32. The first kappa shape index (κ1) is 26.6. The van der Waals surface area contributed by atoms with E-state index in [0.29, 0.717) is 36.4 Å². The molecular formula is C26H28N2O7S2. The normalized spacial score (nSPS) is 14.8. The van der Waals surface area contributed by atoms with Crippen molar-refractivity contribution in [1.82, 2.24) is 4.31 Å². The van der Waals surface area contributed by atoms with Crippen LogP contribution >= 0.6 is 11.3 Å². The Kier molecular flexibility index (Phi) is 8.16. The fourth-order valence-corrected chi connectivity index (χ4v) is 7.01. The molecule has 0 saturated carbocycles. The van der Waals surface area contributed by atoms with Crippen molar-refractivity contribution < 1.29 is 33.0 Å². The number of carboxylic acid groups (broad SMARTS) is 2. The minimum atomic E-state index is -3.39. The maximum atomic E-state index is 12.8. The molecule has 0 radical (unpaired) electrons. The van der Waals surface area contributed by atoms with Crippen LogP contribution in [0.2, 0.25) is 0 Å². The summed E-state index contributed by atoms with van der Waals surface area (Å²) < 4.78 is 32.5. The number of carbonyl (C=O) groups is 2. The molecule has 0 amide bonds. The van der Waals surface area contributed by atoms with Crippen LogP contribution in [0, 0.1) is 6.92 Å². The van der Waals surface area contributed by atoms with Crippen LogP contribution in [0.25, 0.3) is 10.4 Å². The van der Waals surface area contributed by atoms with Crippen molar-refractivity contribution in [2.24, 2.45) is 0 Å². The van der Waals surface area contributed by atoms with Gasteiger partial charge >= 0.3 is 11.9 Å². The van der Waals surface area contributed by atoms with Gasteiger partial charge in [-0.25, -0.2) is 22.3 Å². The third-order valence-electron chi connectivity index (χ3n) is 6.16. The maximum absolute atomic E-state index is 12.8. The highest BCUT2D eigenvalue weighted by molar-refractivity contribution is 7.88. The fourth-order valence-electron chi connectivity index (χ4n) is 4.36. The van der Waals surface area contributed by atoms with Gasteiger partial charge in [-0.15, -0.1) is 11.3 Å². The molecule has 2 heterocycles. The third-order valence-corrected chi connectivity index (χ3v) is 9.32. The molecule has 1 aliphatic heterocycles. The molecule has 11 heteroatoms. The Morgan fingerprint density at radius 3 is 2.43 bits per heavy atom. The van der Waals surface area contributed by atoms with E-state index < -0.39 is 28.6 Å². The Labute approximate surface area is 219 Å². The summed E-state index contributed by atoms with van der Waals surface area (Å²) >= 11 is 1.04. The zero-order valence-corrected chi connectivity index (χ0v) is 21.8. The smallest absolute Gasteiger partial charge is 0.349 e. The highest BCUT2D eigenvalue weighted by Crippen LogP contribution is 2.42. The minimum absolute atomic E-state index is 0.00928. The molecule has 0 unspecified atom stereocenters. The SMILES string of the molecule is Cc1c(-c2cccc(NC3CCN(S(=O)(=O)Cc4ccccc4)CC3)c2)sc(C(=O)O)c1OCC(=O)O. The van der Waals surface area contributed by atoms with Crippen molar-refractivity contribution in [2.75, 3.05) is 25.0 Å². The van der Waals surface area contributed by atoms with E-state index in [1.54, 1.807) is 11.2 Å². The maximum Gasteiger partial charge on any atom is 0.349 e. The number of ether oxygens (including phenoxy) is 1. The number of nitrogens with zero attached hydrogens (tertiary/aromatic N) is 1. The van der Waals surface area contributed by atoms with Crippen LogP contribution in [0.3, 0.4) is 0 Å². The monoisotopic (exact) mass is 544 g/mol. The average Bonchev–Trinajstić information content (AvgIpc) is 3.20. The number of anilines is 1. The number of thiophene rings is 1. The number of piperidine rings is 1. The molecule has 4 rings (SSSR count). The van der Waals surface area contributed by atoms with Crippen molar-refractivity contribution in [2.45, 2.75) is 31.6 Å². The summed E-state index contributed by atoms with van der Waals surface area (Å²) in [5.41, 5.74) is 2.95. The van der Waals surface area contributed by atoms with Crippen molar-refractivity contribution in [3.8, 4) is 16.2 Å². The van der Waals surface area contributed by atoms with Gasteiger partial charge in [0.25, 0.3) is 0 Å². The summed E-state index contributed by atoms with van der Waals surface area (Å²) in [7, 11) is -3.39. The van der Waals surface area contributed by atoms with Crippen LogP contribution in [-0.4, -0.2) is 60.6 Å². The number of aliphatic carboxylic acids is 1. The molecule has 196 valence electrons. The number of sulfonamides is 1. The van der Waals surface area contributed by atoms with E-state index >= 15 is 0 Å². The van der Waals surface area contributed by atoms with Gasteiger partial charge in [-0.1, -0.05) is 42.5 Å². The average molecular weight is 545 g/mol. The van der Waals surface area contributed by atoms with Gasteiger partial charge in [-0.05, 0) is 43.0 Å². The van der Waals surface area contributed by atoms with Gasteiger partial charge in [-0.2, -0.15) is 0 Å². The summed E-state index contributed by atoms with van der Waals surface area (Å²) in [4.78, 5) is 23.3. The molecule has 0 spiro atoms. The van der Waals surface area contributed by atoms with Crippen molar-refractivity contribution in [3.63, 3.8) is 0 Å². The third kappa shape index (κ3) is 6.48. The predicted octanol–water partition coefficient (Wildman–Crippen LogP) is 4.29. The van der Waals surface area contributed by atoms with Crippen molar-refractivity contribution >= 4 is 39.0 Å². The van der Waals surface area contributed by atoms with Crippen LogP contribution in [-0.2, 0) is 20.6 Å². The molecule has 1 fully saturated rings. The Balaban J connectivity index is 1.43. The van der Waals surface area contributed by atoms with Crippen molar-refractivity contribution in [1.29, 1.82) is 0 Å². The summed E-state index contributed by atoms with van der Waals surface area (Å²) in [5.74, 6) is -2.31. The van der Waals surface area contributed by atoms with E-state index in [1.807, 2.05) is 54.6 Å². The number of benzene rings is 2. The molecule has 2 aromatic carbocycles. The Morgan fingerprint density at radius 2 is 1.78 bits per heavy atom. The number of hydrogen-bond donors (Lipinski definition) is 3. The molecular weight excluding hydrogens is 516 g/mol. The van der Waals surface area contributed by atoms with Crippen molar-refractivity contribution in [3.05, 3.63) is 70.6 Å². The van der Waals surface area contributed by atoms with Gasteiger partial charge in [0.05, 0.1) is 5.75 Å². The van der Waals surface area contributed by atoms with Gasteiger partial charge in [0.1, 0.15) is 5.75 Å². The van der Waals surface area contributed by atoms with E-state index in [-0.39, 0.29) is 22.4 Å². The van der Waals surface area contributed by atoms with Crippen LogP contribution in [0.4, 0.5) is 5.69 Å². The fraction of sp³-hybridized carbons (Fsp3) is 0.308. The lowest BCUT2D eigenvalue weighted by atomic mass is 10.0. The number of nitrogens with one attached hydrogen (secondary N) is 1. The molecule has 3 aromatic rings. The number of rotatable bonds is 10. The van der Waals surface area contributed by atoms with Gasteiger partial charge in [0, 0.05) is 35.3 Å². The predicted molar refractivity (Wildman–Crippen MR) is 142 cm³/mol. The number of carboxylic acids is 2. The molecule has 1 aromatic heterocycles. The van der Waals surface area contributed by atoms with E-state index in [2.05, 4.69) is 5.32 Å². The molecule has 9 nitrogen and oxygen atoms in total. The van der Waals surface area contributed by atoms with E-state index in [0.717, 1.165) is 28.2 Å². The van der Waals surface area contributed by atoms with Gasteiger partial charge in [-0.3, -0.25) is 0 Å². The highest BCUT2D eigenvalue weighted by Gasteiger charge is 2.28. The molecule has 3 N–H and O–H groups in total. The highest BCUT2D eigenvalue weighted by atomic mass is 32.2. The first-order valence-electron chi connectivity index (χ1n) is 11.7. The Bertz CT molecular complexity index is 1380. The molecule has 0 bridgehead atoms. The first-order valence-corrected chi connectivity index (χ1v) is 14.2. The largest absolute Gasteiger partial charge is 0.480 e. The Morgan fingerprint density at radius 1 is 1.08 bits per heavy atom. The van der Waals surface area contributed by atoms with E-state index in [9.17, 15) is 23.1 Å². The summed E-state index contributed by atoms with van der Waals surface area (Å²) in [6, 6.07) is 16.8. The standard InChI is InChI=1S/C26H28N2O7S2/c1-17-23(35-15-22(29)30)25(26(31)32)36-24(17)19-8-5-9-21(14-19)27-20-10-12-28(13-11-20)37(33,34)16-18-6-3-2-4-7-18/h2-9,14,20,27H,10-13,15-16H2,1H3,(H,29,30)(H,31,32). The van der Waals surface area contributed by atoms with Crippen LogP contribution in [0.5, 0.6) is 5.75 Å². The van der Waals surface area contributed by atoms with Crippen LogP contribution in [0.15, 0.2) is 54.6 Å². The zero-order chi connectivity index (χ0) is 26.6. The number of aromatic carboxylic acids is 1. The topological polar surface area (TPSA) is 133 Å². The summed E-state index contributed by atoms with van der Waals surface area (Å²) in [6.07, 6.45) is 1.32. The summed E-state index contributed by atoms with van der Waals surface area (Å²) in [5, 5.41) is 22.0. The number of hydrogen-bond acceptors (Lipinski definition) is 7. The van der Waals surface area contributed by atoms with Crippen LogP contribution < -0.4 is 10.1 Å². The van der Waals surface area contributed by atoms with E-state index in [4.69, 9.17) is 9.84 Å². The van der Waals surface area contributed by atoms with Gasteiger partial charge in [0.2, 0.25) is 10.0 Å². The molecule has 0 atom stereocenters. The van der Waals surface area contributed by atoms with Crippen LogP contribution in [0.1, 0.15) is 33.6 Å². The lowest BCUT2D eigenvalue weighted by Crippen LogP contribution is -2.42. The molecule has 37 heavy (non-hydrogen) atoms. The lowest BCUT2D eigenvalue weighted by molar-refractivity contribution is -0.139. The van der Waals surface area contributed by atoms with Gasteiger partial charge < -0.3 is 20.3 Å². The summed E-state index contributed by atoms with van der Waals surface area (Å²) in [6.45, 7) is 1.95.